The lowest BCUT2D eigenvalue weighted by Crippen LogP contribution is -2.45. The van der Waals surface area contributed by atoms with Crippen LogP contribution in [0.1, 0.15) is 81.3 Å². The van der Waals surface area contributed by atoms with E-state index >= 15 is 0 Å². The van der Waals surface area contributed by atoms with Crippen LogP contribution in [-0.4, -0.2) is 155 Å². The molecular formula is C54H65FN9O16PS2+2. The Hall–Kier alpha value is -5.98. The lowest BCUT2D eigenvalue weighted by atomic mass is 9.82. The van der Waals surface area contributed by atoms with Gasteiger partial charge in [-0.1, -0.05) is 11.3 Å². The number of benzene rings is 3. The molecule has 2 aromatic heterocycles. The van der Waals surface area contributed by atoms with Crippen molar-refractivity contribution >= 4 is 51.4 Å². The van der Waals surface area contributed by atoms with Crippen LogP contribution in [0.5, 0.6) is 11.5 Å². The third kappa shape index (κ3) is 12.7. The number of phosphoric ester groups is 1. The average molecular weight is 1210 g/mol. The van der Waals surface area contributed by atoms with Gasteiger partial charge in [0.05, 0.1) is 42.6 Å². The summed E-state index contributed by atoms with van der Waals surface area (Å²) in [6, 6.07) is 10.9. The zero-order valence-electron chi connectivity index (χ0n) is 45.2. The Bertz CT molecular complexity index is 3700. The summed E-state index contributed by atoms with van der Waals surface area (Å²) < 4.78 is 121. The summed E-state index contributed by atoms with van der Waals surface area (Å²) in [7, 11) is -14.0. The molecule has 444 valence electrons. The molecular weight excluding hydrogens is 1140 g/mol. The highest BCUT2D eigenvalue weighted by molar-refractivity contribution is 7.89. The molecule has 3 aromatic carbocycles. The molecule has 5 atom stereocenters. The maximum absolute atomic E-state index is 14.9. The number of aliphatic hydroxyl groups is 1. The topological polar surface area (TPSA) is 332 Å². The second kappa shape index (κ2) is 24.5. The molecule has 5 aromatic rings. The number of alkyl halides is 1. The molecule has 83 heavy (non-hydrogen) atoms. The first-order chi connectivity index (χ1) is 39.8. The van der Waals surface area contributed by atoms with Gasteiger partial charge < -0.3 is 44.9 Å². The number of halogens is 1. The zero-order chi connectivity index (χ0) is 58.2. The smallest absolute Gasteiger partial charge is 0.376 e. The van der Waals surface area contributed by atoms with Gasteiger partial charge >= 0.3 is 8.17 Å². The van der Waals surface area contributed by atoms with E-state index in [2.05, 4.69) is 42.0 Å². The average Bonchev–Trinajstić information content (AvgIpc) is 1.97. The monoisotopic (exact) mass is 1210 g/mol. The van der Waals surface area contributed by atoms with Crippen molar-refractivity contribution in [3.63, 3.8) is 0 Å². The molecule has 1 unspecified atom stereocenters. The van der Waals surface area contributed by atoms with Crippen molar-refractivity contribution < 1.29 is 82.8 Å². The second-order valence-corrected chi connectivity index (χ2v) is 25.7. The van der Waals surface area contributed by atoms with Gasteiger partial charge in [0.25, 0.3) is 22.3 Å². The van der Waals surface area contributed by atoms with E-state index in [1.807, 2.05) is 0 Å². The number of carbonyl (C=O) groups is 2. The number of rotatable bonds is 24. The first-order valence-corrected chi connectivity index (χ1v) is 32.0. The molecule has 11 rings (SSSR count). The molecule has 0 saturated carbocycles. The van der Waals surface area contributed by atoms with Crippen molar-refractivity contribution in [2.24, 2.45) is 5.73 Å². The molecule has 25 nitrogen and oxygen atoms in total. The Morgan fingerprint density at radius 2 is 1.65 bits per heavy atom. The number of phosphoric acid groups is 1. The van der Waals surface area contributed by atoms with Crippen LogP contribution in [0.2, 0.25) is 0 Å². The Kier molecular flexibility index (Phi) is 17.4. The largest absolute Gasteiger partial charge is 0.606 e. The summed E-state index contributed by atoms with van der Waals surface area (Å²) in [6.45, 7) is 2.79. The number of pyridine rings is 1. The third-order valence-electron chi connectivity index (χ3n) is 15.6. The number of nitrogens with two attached hydrogens (primary N) is 1. The number of anilines is 1. The second-order valence-electron chi connectivity index (χ2n) is 21.1. The van der Waals surface area contributed by atoms with Crippen LogP contribution in [-0.2, 0) is 86.8 Å². The molecule has 6 aliphatic heterocycles. The molecule has 7 N–H and O–H groups in total. The molecule has 1 saturated heterocycles. The van der Waals surface area contributed by atoms with E-state index in [1.54, 1.807) is 0 Å². The number of sulfonamides is 1. The van der Waals surface area contributed by atoms with E-state index in [0.29, 0.717) is 22.8 Å². The number of hydrogen-bond acceptors (Lipinski definition) is 18. The molecule has 2 amide bonds. The highest BCUT2D eigenvalue weighted by atomic mass is 32.2. The molecule has 0 spiro atoms. The minimum atomic E-state index is -4.99. The number of ether oxygens (including phenoxy) is 4. The first-order valence-electron chi connectivity index (χ1n) is 27.6. The molecule has 0 bridgehead atoms. The van der Waals surface area contributed by atoms with Crippen molar-refractivity contribution in [2.45, 2.75) is 98.7 Å². The summed E-state index contributed by atoms with van der Waals surface area (Å²) in [6.07, 6.45) is 4.81. The van der Waals surface area contributed by atoms with Crippen LogP contribution in [0.25, 0.3) is 5.57 Å². The van der Waals surface area contributed by atoms with E-state index in [4.69, 9.17) is 33.7 Å². The van der Waals surface area contributed by atoms with Gasteiger partial charge in [-0.2, -0.15) is 26.9 Å². The van der Waals surface area contributed by atoms with Crippen LogP contribution in [0.4, 0.5) is 10.1 Å². The van der Waals surface area contributed by atoms with Crippen LogP contribution < -0.4 is 50.0 Å². The van der Waals surface area contributed by atoms with E-state index in [0.717, 1.165) is 117 Å². The van der Waals surface area contributed by atoms with Crippen LogP contribution >= 0.6 is 8.17 Å². The Balaban J connectivity index is 0.631. The number of primary amides is 1. The van der Waals surface area contributed by atoms with Crippen molar-refractivity contribution in [2.75, 3.05) is 83.8 Å². The molecule has 1 fully saturated rings. The van der Waals surface area contributed by atoms with Gasteiger partial charge in [0, 0.05) is 96.4 Å². The minimum absolute atomic E-state index is 0.00246. The maximum atomic E-state index is 14.9. The van der Waals surface area contributed by atoms with Crippen molar-refractivity contribution in [1.29, 1.82) is 0 Å². The van der Waals surface area contributed by atoms with Crippen LogP contribution in [0, 0.1) is 0 Å². The fraction of sp³-hybridized carbons (Fsp3) is 0.481. The van der Waals surface area contributed by atoms with Gasteiger partial charge in [-0.15, -0.1) is 5.10 Å². The number of hydrogen-bond donors (Lipinski definition) is 6. The summed E-state index contributed by atoms with van der Waals surface area (Å²) in [4.78, 5) is 48.4. The van der Waals surface area contributed by atoms with Gasteiger partial charge in [-0.05, 0) is 74.4 Å². The molecule has 6 aliphatic rings. The lowest BCUT2D eigenvalue weighted by molar-refractivity contribution is -0.764. The standard InChI is InChI=1S/C54H63FN9O16PS2/c55-47-50(66)43(79-54(47)63-20-3-8-35(29-63)53(56)67)32-78-81(68,69)77-21-13-36-30-64(60-59-36)31-45(65)57-14-22-75-24-25-76-23-15-58-82(70,71)37-11-12-38(44(28-37)83(72,73)74)46-41-26-33-6-1-16-61-18-4-9-39(48(33)61)51(41)80-52-40-10-5-19-62-17-2-7-34(49(40)62)27-42(46)52/h3,8,11-12,20,26-30,43,47,50,54,58,66H,1-2,4-7,9-10,13-19,21-25,31-32H2,(H3-2,56,57,65,67,68,69,72,73,74)/p+2/t43-,47+,50-,54-/m1/s1. The molecule has 0 aliphatic carbocycles. The highest BCUT2D eigenvalue weighted by Gasteiger charge is 2.51. The van der Waals surface area contributed by atoms with Crippen molar-refractivity contribution in [3.8, 4) is 11.5 Å². The Morgan fingerprint density at radius 3 is 2.43 bits per heavy atom. The SMILES string of the molecule is NC(=O)c1ccc[n+]([C@@H]2O[C@H](CO[P+]([O-])(O)OCCc3cn(CC(=O)NCCOCCOCCNS(=O)(=O)c4ccc(C5=c6cc7c8c(c6Oc6c5cc5c9c6CCCN9CCC5)CCC[N+]=8CCC7)c(S(=O)(=O)O)c4)nn3)[C@@H](O)[C@@H]2F)c1. The number of nitrogens with one attached hydrogen (secondary N) is 2. The number of aromatic nitrogens is 4. The van der Waals surface area contributed by atoms with Gasteiger partial charge in [-0.25, -0.2) is 26.8 Å². The lowest BCUT2D eigenvalue weighted by Gasteiger charge is -2.39. The number of aryl methyl sites for hydroxylation is 2. The predicted octanol–water partition coefficient (Wildman–Crippen LogP) is -0.623. The van der Waals surface area contributed by atoms with Crippen LogP contribution in [0.15, 0.2) is 70.8 Å². The van der Waals surface area contributed by atoms with Gasteiger partial charge in [0.2, 0.25) is 27.5 Å². The van der Waals surface area contributed by atoms with E-state index < -0.39 is 76.2 Å². The molecule has 0 radical (unpaired) electrons. The van der Waals surface area contributed by atoms with Gasteiger partial charge in [-0.3, -0.25) is 14.1 Å². The van der Waals surface area contributed by atoms with Crippen molar-refractivity contribution in [1.82, 2.24) is 29.6 Å². The third-order valence-corrected chi connectivity index (χ3v) is 18.9. The number of nitrogens with zero attached hydrogens (tertiary/aromatic N) is 6. The Morgan fingerprint density at radius 1 is 0.904 bits per heavy atom. The fourth-order valence-corrected chi connectivity index (χ4v) is 14.5. The summed E-state index contributed by atoms with van der Waals surface area (Å²) >= 11 is 0. The Labute approximate surface area is 477 Å². The zero-order valence-corrected chi connectivity index (χ0v) is 47.7. The minimum Gasteiger partial charge on any atom is -0.606 e. The summed E-state index contributed by atoms with van der Waals surface area (Å²) in [5, 5.41) is 22.8. The summed E-state index contributed by atoms with van der Waals surface area (Å²) in [5.74, 6) is 0.204. The van der Waals surface area contributed by atoms with Gasteiger partial charge in [0.1, 0.15) is 67.0 Å². The molecule has 29 heteroatoms. The number of carbonyl (C=O) groups excluding carboxylic acids is 2. The van der Waals surface area contributed by atoms with Crippen LogP contribution in [0.3, 0.4) is 0 Å². The first kappa shape index (κ1) is 58.8. The normalized spacial score (nSPS) is 20.7. The van der Waals surface area contributed by atoms with E-state index in [-0.39, 0.29) is 75.1 Å². The fourth-order valence-electron chi connectivity index (χ4n) is 11.9. The maximum Gasteiger partial charge on any atom is 0.376 e. The predicted molar refractivity (Wildman–Crippen MR) is 291 cm³/mol. The quantitative estimate of drug-likeness (QED) is 0.0190. The van der Waals surface area contributed by atoms with E-state index in [1.165, 1.54) is 63.1 Å². The van der Waals surface area contributed by atoms with Gasteiger partial charge in [0.15, 0.2) is 12.4 Å². The number of aliphatic hydroxyl groups excluding tert-OH is 1. The summed E-state index contributed by atoms with van der Waals surface area (Å²) in [5.41, 5.74) is 12.9. The van der Waals surface area contributed by atoms with Crippen molar-refractivity contribution in [3.05, 3.63) is 116 Å². The highest BCUT2D eigenvalue weighted by Crippen LogP contribution is 2.50. The number of fused-ring (bicyclic) bond motifs is 4. The molecule has 8 heterocycles. The number of amides is 2. The van der Waals surface area contributed by atoms with E-state index in [9.17, 15) is 50.3 Å².